The first-order chi connectivity index (χ1) is 15.3. The molecule has 0 unspecified atom stereocenters. The van der Waals surface area contributed by atoms with Gasteiger partial charge in [0.1, 0.15) is 5.60 Å². The van der Waals surface area contributed by atoms with E-state index >= 15 is 0 Å². The second-order valence-corrected chi connectivity index (χ2v) is 15.6. The molecular formula is C31H52O2. The van der Waals surface area contributed by atoms with Gasteiger partial charge in [-0.25, -0.2) is 0 Å². The van der Waals surface area contributed by atoms with Crippen molar-refractivity contribution in [2.45, 2.75) is 131 Å². The van der Waals surface area contributed by atoms with E-state index in [9.17, 15) is 0 Å². The lowest BCUT2D eigenvalue weighted by Gasteiger charge is -2.70. The minimum Gasteiger partial charge on any atom is -0.381 e. The Bertz CT molecular complexity index is 833. The highest BCUT2D eigenvalue weighted by Crippen LogP contribution is 2.83. The van der Waals surface area contributed by atoms with Gasteiger partial charge in [-0.3, -0.25) is 0 Å². The van der Waals surface area contributed by atoms with Crippen LogP contribution in [0.25, 0.3) is 0 Å². The minimum atomic E-state index is 0.143. The second-order valence-electron chi connectivity index (χ2n) is 15.6. The number of hydrogen-bond donors (Lipinski definition) is 0. The lowest BCUT2D eigenvalue weighted by atomic mass is 9.33. The number of rotatable bonds is 2. The average Bonchev–Trinajstić information content (AvgIpc) is 3.31. The second kappa shape index (κ2) is 6.62. The van der Waals surface area contributed by atoms with Crippen molar-refractivity contribution in [1.82, 2.24) is 0 Å². The Balaban J connectivity index is 1.40. The van der Waals surface area contributed by atoms with Crippen LogP contribution in [0.15, 0.2) is 0 Å². The topological polar surface area (TPSA) is 21.8 Å². The summed E-state index contributed by atoms with van der Waals surface area (Å²) in [7, 11) is 1.94. The third-order valence-electron chi connectivity index (χ3n) is 14.5. The molecule has 11 atom stereocenters. The molecule has 0 amide bonds. The van der Waals surface area contributed by atoms with Crippen molar-refractivity contribution >= 4 is 0 Å². The summed E-state index contributed by atoms with van der Waals surface area (Å²) >= 11 is 0. The molecule has 0 aromatic heterocycles. The molecule has 0 aromatic rings. The summed E-state index contributed by atoms with van der Waals surface area (Å²) < 4.78 is 13.2. The maximum atomic E-state index is 7.14. The van der Waals surface area contributed by atoms with E-state index < -0.39 is 0 Å². The van der Waals surface area contributed by atoms with E-state index in [4.69, 9.17) is 9.47 Å². The number of methoxy groups -OCH3 is 1. The molecule has 6 fully saturated rings. The standard InChI is InChI=1S/C31H52O2/c1-19(2)20-10-11-22-27(20,5)16-17-28(6)23-13-12-21-26(3,4)24(32-9)14-15-29(21,7)31(23)25(33-31)18-30(22,28)8/h19-25H,10-18H2,1-9H3/t20-,21-,22-,23-,24-,25-,27-,28-,29-,30+,31+/m0/s1. The molecule has 0 aromatic carbocycles. The van der Waals surface area contributed by atoms with Crippen LogP contribution in [0.1, 0.15) is 113 Å². The molecule has 188 valence electrons. The first kappa shape index (κ1) is 23.3. The fourth-order valence-corrected chi connectivity index (χ4v) is 12.9. The van der Waals surface area contributed by atoms with Crippen molar-refractivity contribution < 1.29 is 9.47 Å². The van der Waals surface area contributed by atoms with Gasteiger partial charge >= 0.3 is 0 Å². The third-order valence-corrected chi connectivity index (χ3v) is 14.5. The van der Waals surface area contributed by atoms with Crippen LogP contribution in [0.4, 0.5) is 0 Å². The smallest absolute Gasteiger partial charge is 0.104 e. The summed E-state index contributed by atoms with van der Waals surface area (Å²) in [5, 5.41) is 0. The lowest BCUT2D eigenvalue weighted by molar-refractivity contribution is -0.226. The summed E-state index contributed by atoms with van der Waals surface area (Å²) in [4.78, 5) is 0. The molecule has 0 N–H and O–H groups in total. The van der Waals surface area contributed by atoms with Crippen LogP contribution in [0, 0.1) is 56.7 Å². The Kier molecular flexibility index (Phi) is 4.68. The van der Waals surface area contributed by atoms with Crippen LogP contribution >= 0.6 is 0 Å². The predicted molar refractivity (Wildman–Crippen MR) is 135 cm³/mol. The van der Waals surface area contributed by atoms with E-state index in [2.05, 4.69) is 55.4 Å². The van der Waals surface area contributed by atoms with Crippen LogP contribution < -0.4 is 0 Å². The van der Waals surface area contributed by atoms with Crippen molar-refractivity contribution in [1.29, 1.82) is 0 Å². The quantitative estimate of drug-likeness (QED) is 0.394. The molecule has 6 aliphatic rings. The molecule has 1 heterocycles. The van der Waals surface area contributed by atoms with Crippen LogP contribution in [0.2, 0.25) is 0 Å². The number of fused-ring (bicyclic) bond motifs is 5. The maximum Gasteiger partial charge on any atom is 0.104 e. The highest BCUT2D eigenvalue weighted by Gasteiger charge is 2.84. The molecule has 33 heavy (non-hydrogen) atoms. The normalized spacial score (nSPS) is 60.9. The third kappa shape index (κ3) is 2.41. The first-order valence-electron chi connectivity index (χ1n) is 14.5. The van der Waals surface area contributed by atoms with Gasteiger partial charge in [-0.2, -0.15) is 0 Å². The molecule has 2 heteroatoms. The molecule has 6 rings (SSSR count). The zero-order chi connectivity index (χ0) is 23.8. The summed E-state index contributed by atoms with van der Waals surface area (Å²) in [6.45, 7) is 20.8. The minimum absolute atomic E-state index is 0.143. The highest BCUT2D eigenvalue weighted by molar-refractivity contribution is 5.31. The van der Waals surface area contributed by atoms with Crippen LogP contribution in [-0.4, -0.2) is 24.9 Å². The maximum absolute atomic E-state index is 7.14. The molecule has 1 aliphatic heterocycles. The molecule has 0 radical (unpaired) electrons. The van der Waals surface area contributed by atoms with Gasteiger partial charge in [0.2, 0.25) is 0 Å². The lowest BCUT2D eigenvalue weighted by Crippen LogP contribution is -2.69. The molecule has 0 bridgehead atoms. The van der Waals surface area contributed by atoms with Crippen LogP contribution in [0.3, 0.4) is 0 Å². The molecule has 5 saturated carbocycles. The monoisotopic (exact) mass is 456 g/mol. The Morgan fingerprint density at radius 1 is 0.727 bits per heavy atom. The zero-order valence-electron chi connectivity index (χ0n) is 23.2. The summed E-state index contributed by atoms with van der Waals surface area (Å²) in [5.41, 5.74) is 2.08. The Labute approximate surface area is 204 Å². The summed E-state index contributed by atoms with van der Waals surface area (Å²) in [6.07, 6.45) is 13.2. The molecule has 1 saturated heterocycles. The van der Waals surface area contributed by atoms with Gasteiger partial charge in [-0.15, -0.1) is 0 Å². The molecule has 5 aliphatic carbocycles. The fourth-order valence-electron chi connectivity index (χ4n) is 12.9. The SMILES string of the molecule is CO[C@H]1CC[C@@]2(C)[C@@H](CC[C@@H]3[C@]24O[C@H]4C[C@]2(C)[C@H]4CC[C@@H](C(C)C)[C@]4(C)CC[C@@]32C)C1(C)C. The Hall–Kier alpha value is -0.0800. The van der Waals surface area contributed by atoms with E-state index in [1.165, 1.54) is 57.8 Å². The summed E-state index contributed by atoms with van der Waals surface area (Å²) in [5.74, 6) is 4.06. The van der Waals surface area contributed by atoms with E-state index in [0.717, 1.165) is 23.7 Å². The predicted octanol–water partition coefficient (Wildman–Crippen LogP) is 7.89. The number of epoxide rings is 1. The van der Waals surface area contributed by atoms with Crippen LogP contribution in [-0.2, 0) is 9.47 Å². The van der Waals surface area contributed by atoms with Gasteiger partial charge in [-0.05, 0) is 109 Å². The van der Waals surface area contributed by atoms with Gasteiger partial charge in [-0.1, -0.05) is 55.4 Å². The highest BCUT2D eigenvalue weighted by atomic mass is 16.6. The molecule has 1 spiro atoms. The van der Waals surface area contributed by atoms with Crippen molar-refractivity contribution in [2.75, 3.05) is 7.11 Å². The van der Waals surface area contributed by atoms with Crippen molar-refractivity contribution in [2.24, 2.45) is 56.7 Å². The first-order valence-corrected chi connectivity index (χ1v) is 14.5. The Morgan fingerprint density at radius 2 is 1.39 bits per heavy atom. The van der Waals surface area contributed by atoms with Gasteiger partial charge in [0.25, 0.3) is 0 Å². The van der Waals surface area contributed by atoms with Gasteiger partial charge in [0, 0.05) is 12.5 Å². The van der Waals surface area contributed by atoms with E-state index in [1.807, 2.05) is 7.11 Å². The van der Waals surface area contributed by atoms with E-state index in [0.29, 0.717) is 39.8 Å². The van der Waals surface area contributed by atoms with Crippen molar-refractivity contribution in [3.8, 4) is 0 Å². The van der Waals surface area contributed by atoms with Gasteiger partial charge < -0.3 is 9.47 Å². The van der Waals surface area contributed by atoms with Crippen LogP contribution in [0.5, 0.6) is 0 Å². The van der Waals surface area contributed by atoms with Gasteiger partial charge in [0.05, 0.1) is 12.2 Å². The van der Waals surface area contributed by atoms with E-state index in [-0.39, 0.29) is 11.0 Å². The number of hydrogen-bond acceptors (Lipinski definition) is 2. The summed E-state index contributed by atoms with van der Waals surface area (Å²) in [6, 6.07) is 0. The van der Waals surface area contributed by atoms with Crippen molar-refractivity contribution in [3.63, 3.8) is 0 Å². The number of ether oxygens (including phenoxy) is 2. The largest absolute Gasteiger partial charge is 0.381 e. The van der Waals surface area contributed by atoms with Crippen molar-refractivity contribution in [3.05, 3.63) is 0 Å². The zero-order valence-corrected chi connectivity index (χ0v) is 23.2. The molecular weight excluding hydrogens is 404 g/mol. The Morgan fingerprint density at radius 3 is 2.06 bits per heavy atom. The van der Waals surface area contributed by atoms with Gasteiger partial charge in [0.15, 0.2) is 0 Å². The fraction of sp³-hybridized carbons (Fsp3) is 1.00. The van der Waals surface area contributed by atoms with E-state index in [1.54, 1.807) is 0 Å². The average molecular weight is 457 g/mol. The molecule has 2 nitrogen and oxygen atoms in total.